The van der Waals surface area contributed by atoms with E-state index in [-0.39, 0.29) is 11.9 Å². The molecule has 0 aliphatic carbocycles. The number of nitrogens with zero attached hydrogens (tertiary/aromatic N) is 2. The van der Waals surface area contributed by atoms with E-state index in [0.29, 0.717) is 10.7 Å². The predicted octanol–water partition coefficient (Wildman–Crippen LogP) is 4.34. The maximum Gasteiger partial charge on any atom is 0.254 e. The zero-order valence-corrected chi connectivity index (χ0v) is 13.5. The van der Waals surface area contributed by atoms with E-state index in [2.05, 4.69) is 16.4 Å². The number of hydrogen-bond donors (Lipinski definition) is 0. The number of carbonyl (C=O) groups excluding carboxylic acids is 1. The van der Waals surface area contributed by atoms with Gasteiger partial charge in [-0.25, -0.2) is 4.98 Å². The molecule has 1 aliphatic rings. The highest BCUT2D eigenvalue weighted by Gasteiger charge is 2.31. The lowest BCUT2D eigenvalue weighted by Crippen LogP contribution is -2.30. The molecule has 3 rings (SSSR count). The maximum atomic E-state index is 12.8. The second-order valence-corrected chi connectivity index (χ2v) is 6.56. The Morgan fingerprint density at radius 2 is 2.38 bits per heavy atom. The number of halogens is 1. The fraction of sp³-hybridized carbons (Fsp3) is 0.375. The number of carbonyl (C=O) groups is 1. The van der Waals surface area contributed by atoms with Gasteiger partial charge < -0.3 is 4.90 Å². The van der Waals surface area contributed by atoms with Crippen molar-refractivity contribution in [1.82, 2.24) is 9.88 Å². The third kappa shape index (κ3) is 2.97. The number of thiophene rings is 1. The molecule has 3 nitrogen and oxygen atoms in total. The lowest BCUT2D eigenvalue weighted by Gasteiger charge is -2.24. The Kier molecular flexibility index (Phi) is 4.27. The second kappa shape index (κ2) is 6.16. The molecule has 1 aliphatic heterocycles. The Bertz CT molecular complexity index is 642. The normalized spacial score (nSPS) is 18.2. The van der Waals surface area contributed by atoms with E-state index in [4.69, 9.17) is 11.6 Å². The van der Waals surface area contributed by atoms with Crippen molar-refractivity contribution in [2.24, 2.45) is 0 Å². The van der Waals surface area contributed by atoms with Gasteiger partial charge in [0, 0.05) is 22.7 Å². The number of hydrogen-bond acceptors (Lipinski definition) is 3. The first kappa shape index (κ1) is 14.5. The lowest BCUT2D eigenvalue weighted by atomic mass is 10.1. The third-order valence-corrected chi connectivity index (χ3v) is 5.01. The highest BCUT2D eigenvalue weighted by atomic mass is 35.5. The molecule has 0 bridgehead atoms. The van der Waals surface area contributed by atoms with Crippen LogP contribution in [0.25, 0.3) is 0 Å². The first-order valence-corrected chi connectivity index (χ1v) is 8.45. The molecule has 0 aromatic carbocycles. The molecule has 1 saturated heterocycles. The fourth-order valence-corrected chi connectivity index (χ4v) is 3.91. The lowest BCUT2D eigenvalue weighted by molar-refractivity contribution is 0.0737. The van der Waals surface area contributed by atoms with E-state index < -0.39 is 0 Å². The van der Waals surface area contributed by atoms with Crippen LogP contribution in [0.1, 0.15) is 46.7 Å². The average molecular weight is 321 g/mol. The van der Waals surface area contributed by atoms with Crippen molar-refractivity contribution in [3.05, 3.63) is 50.9 Å². The number of amides is 1. The standard InChI is InChI=1S/C16H17ClN2OS/c1-2-12-9-11(10-15(17)18-12)16(20)19-7-3-5-13(19)14-6-4-8-21-14/h4,6,8-10,13H,2-3,5,7H2,1H3. The smallest absolute Gasteiger partial charge is 0.254 e. The SMILES string of the molecule is CCc1cc(C(=O)N2CCCC2c2cccs2)cc(Cl)n1. The summed E-state index contributed by atoms with van der Waals surface area (Å²) in [5, 5.41) is 2.46. The Morgan fingerprint density at radius 3 is 3.10 bits per heavy atom. The van der Waals surface area contributed by atoms with Crippen LogP contribution in [0.15, 0.2) is 29.6 Å². The van der Waals surface area contributed by atoms with Crippen LogP contribution < -0.4 is 0 Å². The van der Waals surface area contributed by atoms with Gasteiger partial charge in [0.1, 0.15) is 5.15 Å². The molecule has 2 aromatic rings. The van der Waals surface area contributed by atoms with Crippen molar-refractivity contribution >= 4 is 28.8 Å². The molecular formula is C16H17ClN2OS. The number of aromatic nitrogens is 1. The van der Waals surface area contributed by atoms with Gasteiger partial charge in [-0.3, -0.25) is 4.79 Å². The van der Waals surface area contributed by atoms with Crippen LogP contribution in [0.3, 0.4) is 0 Å². The quantitative estimate of drug-likeness (QED) is 0.788. The fourth-order valence-electron chi connectivity index (χ4n) is 2.81. The zero-order valence-electron chi connectivity index (χ0n) is 11.9. The van der Waals surface area contributed by atoms with Gasteiger partial charge in [-0.1, -0.05) is 24.6 Å². The molecule has 5 heteroatoms. The van der Waals surface area contributed by atoms with Gasteiger partial charge in [0.05, 0.1) is 6.04 Å². The van der Waals surface area contributed by atoms with Crippen molar-refractivity contribution < 1.29 is 4.79 Å². The summed E-state index contributed by atoms with van der Waals surface area (Å²) in [5.74, 6) is 0.0601. The van der Waals surface area contributed by atoms with Crippen molar-refractivity contribution in [1.29, 1.82) is 0 Å². The van der Waals surface area contributed by atoms with Crippen LogP contribution in [-0.2, 0) is 6.42 Å². The van der Waals surface area contributed by atoms with Gasteiger partial charge in [-0.15, -0.1) is 11.3 Å². The van der Waals surface area contributed by atoms with Gasteiger partial charge in [0.25, 0.3) is 5.91 Å². The second-order valence-electron chi connectivity index (χ2n) is 5.20. The topological polar surface area (TPSA) is 33.2 Å². The number of aryl methyl sites for hydroxylation is 1. The van der Waals surface area contributed by atoms with Crippen molar-refractivity contribution in [2.45, 2.75) is 32.2 Å². The molecule has 0 saturated carbocycles. The van der Waals surface area contributed by atoms with Gasteiger partial charge in [-0.2, -0.15) is 0 Å². The summed E-state index contributed by atoms with van der Waals surface area (Å²) < 4.78 is 0. The average Bonchev–Trinajstić information content (AvgIpc) is 3.16. The molecule has 1 atom stereocenters. The van der Waals surface area contributed by atoms with Gasteiger partial charge in [0.2, 0.25) is 0 Å². The summed E-state index contributed by atoms with van der Waals surface area (Å²) in [7, 11) is 0. The minimum Gasteiger partial charge on any atom is -0.331 e. The Hall–Kier alpha value is -1.39. The van der Waals surface area contributed by atoms with Crippen LogP contribution in [-0.4, -0.2) is 22.3 Å². The third-order valence-electron chi connectivity index (χ3n) is 3.84. The van der Waals surface area contributed by atoms with Crippen molar-refractivity contribution in [2.75, 3.05) is 6.54 Å². The van der Waals surface area contributed by atoms with E-state index in [0.717, 1.165) is 31.5 Å². The molecule has 0 spiro atoms. The first-order valence-electron chi connectivity index (χ1n) is 7.20. The van der Waals surface area contributed by atoms with Gasteiger partial charge in [0.15, 0.2) is 0 Å². The number of likely N-dealkylation sites (tertiary alicyclic amines) is 1. The van der Waals surface area contributed by atoms with E-state index >= 15 is 0 Å². The first-order chi connectivity index (χ1) is 10.2. The Labute approximate surface area is 133 Å². The molecule has 21 heavy (non-hydrogen) atoms. The summed E-state index contributed by atoms with van der Waals surface area (Å²) in [6.07, 6.45) is 2.86. The van der Waals surface area contributed by atoms with Crippen molar-refractivity contribution in [3.63, 3.8) is 0 Å². The van der Waals surface area contributed by atoms with E-state index in [1.807, 2.05) is 24.0 Å². The molecular weight excluding hydrogens is 304 g/mol. The molecule has 110 valence electrons. The zero-order chi connectivity index (χ0) is 14.8. The Balaban J connectivity index is 1.89. The molecule has 1 fully saturated rings. The van der Waals surface area contributed by atoms with E-state index in [1.165, 1.54) is 4.88 Å². The number of pyridine rings is 1. The summed E-state index contributed by atoms with van der Waals surface area (Å²) in [4.78, 5) is 20.3. The highest BCUT2D eigenvalue weighted by Crippen LogP contribution is 2.35. The maximum absolute atomic E-state index is 12.8. The summed E-state index contributed by atoms with van der Waals surface area (Å²) in [5.41, 5.74) is 1.51. The molecule has 1 unspecified atom stereocenters. The van der Waals surface area contributed by atoms with E-state index in [9.17, 15) is 4.79 Å². The summed E-state index contributed by atoms with van der Waals surface area (Å²) in [6, 6.07) is 7.89. The molecule has 1 amide bonds. The van der Waals surface area contributed by atoms with Crippen molar-refractivity contribution in [3.8, 4) is 0 Å². The van der Waals surface area contributed by atoms with E-state index in [1.54, 1.807) is 17.4 Å². The van der Waals surface area contributed by atoms with Crippen LogP contribution in [0.4, 0.5) is 0 Å². The van der Waals surface area contributed by atoms with Gasteiger partial charge >= 0.3 is 0 Å². The molecule has 2 aromatic heterocycles. The van der Waals surface area contributed by atoms with Gasteiger partial charge in [-0.05, 0) is 42.8 Å². The van der Waals surface area contributed by atoms with Crippen LogP contribution in [0, 0.1) is 0 Å². The minimum atomic E-state index is 0.0601. The largest absolute Gasteiger partial charge is 0.331 e. The minimum absolute atomic E-state index is 0.0601. The highest BCUT2D eigenvalue weighted by molar-refractivity contribution is 7.10. The van der Waals surface area contributed by atoms with Crippen LogP contribution in [0.2, 0.25) is 5.15 Å². The summed E-state index contributed by atoms with van der Waals surface area (Å²) in [6.45, 7) is 2.82. The summed E-state index contributed by atoms with van der Waals surface area (Å²) >= 11 is 7.75. The van der Waals surface area contributed by atoms with Crippen LogP contribution in [0.5, 0.6) is 0 Å². The monoisotopic (exact) mass is 320 g/mol. The molecule has 3 heterocycles. The van der Waals surface area contributed by atoms with Crippen LogP contribution >= 0.6 is 22.9 Å². The molecule has 0 radical (unpaired) electrons. The predicted molar refractivity (Wildman–Crippen MR) is 86.0 cm³/mol. The Morgan fingerprint density at radius 1 is 1.52 bits per heavy atom. The number of rotatable bonds is 3. The molecule has 0 N–H and O–H groups in total.